The minimum Gasteiger partial charge on any atom is -0.388 e. The van der Waals surface area contributed by atoms with Gasteiger partial charge in [0, 0.05) is 6.54 Å². The first kappa shape index (κ1) is 22.9. The zero-order valence-electron chi connectivity index (χ0n) is 17.0. The second-order valence-corrected chi connectivity index (χ2v) is 9.24. The molecule has 0 aromatic rings. The van der Waals surface area contributed by atoms with Crippen LogP contribution in [0.3, 0.4) is 0 Å². The quantitative estimate of drug-likeness (QED) is 0.488. The number of likely N-dealkylation sites (N-methyl/N-ethyl adjacent to an activating group) is 1. The summed E-state index contributed by atoms with van der Waals surface area (Å²) in [6.07, 6.45) is 0.343. The van der Waals surface area contributed by atoms with Crippen LogP contribution in [0.15, 0.2) is 0 Å². The lowest BCUT2D eigenvalue weighted by molar-refractivity contribution is -0.208. The van der Waals surface area contributed by atoms with Crippen LogP contribution in [-0.4, -0.2) is 87.9 Å². The van der Waals surface area contributed by atoms with Crippen molar-refractivity contribution >= 4 is 17.7 Å². The number of aliphatic hydroxyl groups is 3. The Morgan fingerprint density at radius 1 is 1.26 bits per heavy atom. The Kier molecular flexibility index (Phi) is 8.39. The Balaban J connectivity index is 2.09. The molecule has 2 aliphatic rings. The van der Waals surface area contributed by atoms with Gasteiger partial charge in [-0.25, -0.2) is 0 Å². The highest BCUT2D eigenvalue weighted by Gasteiger charge is 2.48. The van der Waals surface area contributed by atoms with Crippen LogP contribution in [0.25, 0.3) is 0 Å². The van der Waals surface area contributed by atoms with Gasteiger partial charge in [0.15, 0.2) is 0 Å². The van der Waals surface area contributed by atoms with Crippen molar-refractivity contribution in [1.82, 2.24) is 10.2 Å². The number of carbonyl (C=O) groups excluding carboxylic acids is 1. The van der Waals surface area contributed by atoms with Crippen molar-refractivity contribution in [3.63, 3.8) is 0 Å². The number of aliphatic hydroxyl groups excluding tert-OH is 3. The van der Waals surface area contributed by atoms with E-state index in [4.69, 9.17) is 4.74 Å². The molecule has 8 heteroatoms. The van der Waals surface area contributed by atoms with E-state index in [9.17, 15) is 20.1 Å². The topological polar surface area (TPSA) is 102 Å². The molecule has 2 heterocycles. The van der Waals surface area contributed by atoms with E-state index in [0.29, 0.717) is 5.92 Å². The van der Waals surface area contributed by atoms with Gasteiger partial charge >= 0.3 is 0 Å². The molecule has 0 radical (unpaired) electrons. The van der Waals surface area contributed by atoms with Crippen molar-refractivity contribution in [3.8, 4) is 0 Å². The fourth-order valence-electron chi connectivity index (χ4n) is 4.28. The Morgan fingerprint density at radius 3 is 2.48 bits per heavy atom. The molecule has 2 saturated heterocycles. The summed E-state index contributed by atoms with van der Waals surface area (Å²) in [6.45, 7) is 6.97. The first-order chi connectivity index (χ1) is 12.7. The molecule has 0 aromatic heterocycles. The predicted octanol–water partition coefficient (Wildman–Crippen LogP) is 0.418. The van der Waals surface area contributed by atoms with E-state index >= 15 is 0 Å². The maximum absolute atomic E-state index is 13.0. The van der Waals surface area contributed by atoms with Crippen LogP contribution < -0.4 is 5.32 Å². The largest absolute Gasteiger partial charge is 0.388 e. The van der Waals surface area contributed by atoms with Gasteiger partial charge in [0.25, 0.3) is 0 Å². The molecule has 4 N–H and O–H groups in total. The second kappa shape index (κ2) is 9.89. The van der Waals surface area contributed by atoms with E-state index < -0.39 is 35.9 Å². The van der Waals surface area contributed by atoms with Gasteiger partial charge < -0.3 is 25.4 Å². The maximum Gasteiger partial charge on any atom is 0.237 e. The van der Waals surface area contributed by atoms with Gasteiger partial charge in [-0.2, -0.15) is 0 Å². The molecule has 2 rings (SSSR count). The first-order valence-electron chi connectivity index (χ1n) is 9.94. The van der Waals surface area contributed by atoms with Crippen LogP contribution in [0.2, 0.25) is 0 Å². The lowest BCUT2D eigenvalue weighted by Gasteiger charge is -2.44. The number of nitrogens with zero attached hydrogens (tertiary/aromatic N) is 1. The van der Waals surface area contributed by atoms with E-state index in [1.54, 1.807) is 6.26 Å². The molecule has 158 valence electrons. The van der Waals surface area contributed by atoms with Gasteiger partial charge in [0.05, 0.1) is 12.1 Å². The van der Waals surface area contributed by atoms with Gasteiger partial charge in [-0.3, -0.25) is 9.69 Å². The highest BCUT2D eigenvalue weighted by molar-refractivity contribution is 7.99. The molecular weight excluding hydrogens is 368 g/mol. The van der Waals surface area contributed by atoms with Crippen molar-refractivity contribution in [2.24, 2.45) is 11.8 Å². The highest BCUT2D eigenvalue weighted by Crippen LogP contribution is 2.31. The molecule has 7 nitrogen and oxygen atoms in total. The van der Waals surface area contributed by atoms with Crippen molar-refractivity contribution in [2.75, 3.05) is 19.8 Å². The monoisotopic (exact) mass is 404 g/mol. The van der Waals surface area contributed by atoms with Gasteiger partial charge in [0.2, 0.25) is 5.91 Å². The Labute approximate surface area is 166 Å². The van der Waals surface area contributed by atoms with Gasteiger partial charge in [-0.05, 0) is 38.0 Å². The summed E-state index contributed by atoms with van der Waals surface area (Å²) < 4.78 is 5.88. The molecular formula is C19H36N2O5S. The number of hydrogen-bond donors (Lipinski definition) is 4. The fraction of sp³-hybridized carbons (Fsp3) is 0.947. The van der Waals surface area contributed by atoms with Crippen molar-refractivity contribution in [2.45, 2.75) is 82.0 Å². The van der Waals surface area contributed by atoms with E-state index in [-0.39, 0.29) is 17.9 Å². The number of amides is 1. The summed E-state index contributed by atoms with van der Waals surface area (Å²) in [5, 5.41) is 33.8. The zero-order chi connectivity index (χ0) is 20.3. The van der Waals surface area contributed by atoms with E-state index in [2.05, 4.69) is 17.1 Å². The number of rotatable bonds is 7. The van der Waals surface area contributed by atoms with Crippen molar-refractivity contribution in [1.29, 1.82) is 0 Å². The fourth-order valence-corrected chi connectivity index (χ4v) is 4.96. The minimum absolute atomic E-state index is 0.00306. The minimum atomic E-state index is -1.30. The third kappa shape index (κ3) is 5.16. The molecule has 0 saturated carbocycles. The molecule has 0 aromatic carbocycles. The molecule has 2 fully saturated rings. The van der Waals surface area contributed by atoms with Gasteiger partial charge in [0.1, 0.15) is 29.9 Å². The highest BCUT2D eigenvalue weighted by atomic mass is 32.2. The number of nitrogens with one attached hydrogen (secondary N) is 1. The molecule has 0 unspecified atom stereocenters. The average Bonchev–Trinajstić information content (AvgIpc) is 2.99. The van der Waals surface area contributed by atoms with Crippen LogP contribution in [-0.2, 0) is 9.53 Å². The molecule has 27 heavy (non-hydrogen) atoms. The lowest BCUT2D eigenvalue weighted by atomic mass is 9.88. The number of carbonyl (C=O) groups is 1. The summed E-state index contributed by atoms with van der Waals surface area (Å²) in [5.74, 6) is 0.464. The van der Waals surface area contributed by atoms with Crippen LogP contribution in [0.5, 0.6) is 0 Å². The smallest absolute Gasteiger partial charge is 0.237 e. The van der Waals surface area contributed by atoms with E-state index in [0.717, 1.165) is 25.8 Å². The van der Waals surface area contributed by atoms with E-state index in [1.165, 1.54) is 11.8 Å². The molecule has 1 amide bonds. The average molecular weight is 405 g/mol. The number of likely N-dealkylation sites (tertiary alicyclic amines) is 1. The third-order valence-electron chi connectivity index (χ3n) is 5.85. The van der Waals surface area contributed by atoms with Gasteiger partial charge in [-0.15, -0.1) is 11.8 Å². The summed E-state index contributed by atoms with van der Waals surface area (Å²) in [6, 6.07) is -0.640. The van der Waals surface area contributed by atoms with Crippen LogP contribution in [0.4, 0.5) is 0 Å². The van der Waals surface area contributed by atoms with Crippen molar-refractivity contribution < 1.29 is 24.9 Å². The van der Waals surface area contributed by atoms with Crippen LogP contribution in [0.1, 0.15) is 40.0 Å². The second-order valence-electron chi connectivity index (χ2n) is 8.30. The van der Waals surface area contributed by atoms with E-state index in [1.807, 2.05) is 20.9 Å². The molecule has 0 spiro atoms. The van der Waals surface area contributed by atoms with Gasteiger partial charge in [-0.1, -0.05) is 27.2 Å². The Morgan fingerprint density at radius 2 is 1.93 bits per heavy atom. The number of thioether (sulfide) groups is 1. The Hall–Kier alpha value is -0.380. The standard InChI is InChI=1S/C19H36N2O5S/c1-6-7-11-8-12(21(4)9-11)18(25)20-13(10(2)3)17-15(23)14(22)16(24)19(26-17)27-5/h10-17,19,22-24H,6-9H2,1-5H3,(H,20,25)/t11-,12-,13-,14+,15+,16-,17+,19-/m1/s1. The maximum atomic E-state index is 13.0. The molecule has 8 atom stereocenters. The lowest BCUT2D eigenvalue weighted by Crippen LogP contribution is -2.64. The normalized spacial score (nSPS) is 38.9. The summed E-state index contributed by atoms with van der Waals surface area (Å²) in [4.78, 5) is 15.1. The third-order valence-corrected chi connectivity index (χ3v) is 6.71. The summed E-state index contributed by atoms with van der Waals surface area (Å²) in [7, 11) is 1.97. The van der Waals surface area contributed by atoms with Crippen LogP contribution in [0, 0.1) is 11.8 Å². The molecule has 0 bridgehead atoms. The molecule has 2 aliphatic heterocycles. The van der Waals surface area contributed by atoms with Crippen molar-refractivity contribution in [3.05, 3.63) is 0 Å². The predicted molar refractivity (Wildman–Crippen MR) is 106 cm³/mol. The molecule has 0 aliphatic carbocycles. The summed E-state index contributed by atoms with van der Waals surface area (Å²) in [5.41, 5.74) is -0.644. The number of hydrogen-bond acceptors (Lipinski definition) is 7. The number of ether oxygens (including phenoxy) is 1. The summed E-state index contributed by atoms with van der Waals surface area (Å²) >= 11 is 1.28. The zero-order valence-corrected chi connectivity index (χ0v) is 17.9. The SMILES string of the molecule is CCC[C@@H]1C[C@H](C(=O)N[C@H](C(C)C)[C@@H]2O[C@H](SC)[C@H](O)[C@@H](O)[C@@H]2O)N(C)C1. The first-order valence-corrected chi connectivity index (χ1v) is 11.2. The Bertz CT molecular complexity index is 493. The van der Waals surface area contributed by atoms with Crippen LogP contribution >= 0.6 is 11.8 Å².